The molecule has 0 saturated carbocycles. The third-order valence-electron chi connectivity index (χ3n) is 4.60. The van der Waals surface area contributed by atoms with Crippen molar-refractivity contribution in [1.29, 1.82) is 0 Å². The van der Waals surface area contributed by atoms with Crippen LogP contribution in [0.1, 0.15) is 33.7 Å². The van der Waals surface area contributed by atoms with Crippen LogP contribution in [-0.2, 0) is 11.2 Å². The monoisotopic (exact) mass is 402 g/mol. The Morgan fingerprint density at radius 2 is 1.79 bits per heavy atom. The van der Waals surface area contributed by atoms with Gasteiger partial charge in [0.25, 0.3) is 5.91 Å². The molecule has 29 heavy (non-hydrogen) atoms. The summed E-state index contributed by atoms with van der Waals surface area (Å²) in [5.41, 5.74) is 0.802. The number of halogens is 3. The first-order valence-electron chi connectivity index (χ1n) is 9.04. The topological polar surface area (TPSA) is 55.6 Å². The zero-order valence-corrected chi connectivity index (χ0v) is 15.3. The number of benzene rings is 2. The highest BCUT2D eigenvalue weighted by molar-refractivity contribution is 5.94. The molecule has 0 spiro atoms. The van der Waals surface area contributed by atoms with Crippen molar-refractivity contribution in [3.63, 3.8) is 0 Å². The number of nitrogens with zero attached hydrogens (tertiary/aromatic N) is 2. The standard InChI is InChI=1S/C21H17F3N2O3/c22-15-3-1-13(2-4-15)7-18-11-25-20(29-18)19-12-26(5-6-28-19)21(27)14-8-16(23)10-17(24)9-14/h1-4,8-11,19H,5-7,12H2/t19-/m0/s1. The number of rotatable bonds is 4. The van der Waals surface area contributed by atoms with E-state index in [1.807, 2.05) is 0 Å². The third kappa shape index (κ3) is 4.48. The Morgan fingerprint density at radius 1 is 1.07 bits per heavy atom. The summed E-state index contributed by atoms with van der Waals surface area (Å²) >= 11 is 0. The number of carbonyl (C=O) groups is 1. The van der Waals surface area contributed by atoms with Crippen LogP contribution in [0.3, 0.4) is 0 Å². The van der Waals surface area contributed by atoms with E-state index in [1.54, 1.807) is 18.3 Å². The van der Waals surface area contributed by atoms with Crippen molar-refractivity contribution in [2.45, 2.75) is 12.5 Å². The first-order chi connectivity index (χ1) is 14.0. The van der Waals surface area contributed by atoms with Crippen LogP contribution in [0.25, 0.3) is 0 Å². The average molecular weight is 402 g/mol. The van der Waals surface area contributed by atoms with E-state index in [4.69, 9.17) is 9.15 Å². The van der Waals surface area contributed by atoms with Gasteiger partial charge in [-0.05, 0) is 29.8 Å². The Morgan fingerprint density at radius 3 is 2.52 bits per heavy atom. The molecule has 0 aliphatic carbocycles. The Balaban J connectivity index is 1.45. The van der Waals surface area contributed by atoms with Gasteiger partial charge in [0.1, 0.15) is 23.2 Å². The van der Waals surface area contributed by atoms with Gasteiger partial charge in [-0.3, -0.25) is 4.79 Å². The predicted molar refractivity (Wildman–Crippen MR) is 96.7 cm³/mol. The molecule has 5 nitrogen and oxygen atoms in total. The van der Waals surface area contributed by atoms with Gasteiger partial charge in [-0.15, -0.1) is 0 Å². The van der Waals surface area contributed by atoms with Crippen LogP contribution in [-0.4, -0.2) is 35.5 Å². The average Bonchev–Trinajstić information content (AvgIpc) is 3.17. The van der Waals surface area contributed by atoms with Gasteiger partial charge in [-0.1, -0.05) is 12.1 Å². The summed E-state index contributed by atoms with van der Waals surface area (Å²) in [6.07, 6.45) is 1.41. The maximum Gasteiger partial charge on any atom is 0.254 e. The lowest BCUT2D eigenvalue weighted by Gasteiger charge is -2.31. The first-order valence-corrected chi connectivity index (χ1v) is 9.04. The van der Waals surface area contributed by atoms with Gasteiger partial charge < -0.3 is 14.1 Å². The molecule has 2 aromatic carbocycles. The highest BCUT2D eigenvalue weighted by atomic mass is 19.1. The molecule has 1 amide bonds. The van der Waals surface area contributed by atoms with Crippen molar-refractivity contribution < 1.29 is 27.1 Å². The van der Waals surface area contributed by atoms with Crippen molar-refractivity contribution in [1.82, 2.24) is 9.88 Å². The molecule has 4 rings (SSSR count). The highest BCUT2D eigenvalue weighted by Gasteiger charge is 2.29. The second-order valence-electron chi connectivity index (χ2n) is 6.74. The number of hydrogen-bond acceptors (Lipinski definition) is 4. The van der Waals surface area contributed by atoms with Crippen molar-refractivity contribution in [3.05, 3.63) is 88.9 Å². The number of carbonyl (C=O) groups excluding carboxylic acids is 1. The van der Waals surface area contributed by atoms with Crippen LogP contribution < -0.4 is 0 Å². The summed E-state index contributed by atoms with van der Waals surface area (Å²) < 4.78 is 51.3. The minimum Gasteiger partial charge on any atom is -0.442 e. The molecule has 0 N–H and O–H groups in total. The summed E-state index contributed by atoms with van der Waals surface area (Å²) in [6.45, 7) is 0.675. The maximum atomic E-state index is 13.4. The van der Waals surface area contributed by atoms with Crippen molar-refractivity contribution >= 4 is 5.91 Å². The van der Waals surface area contributed by atoms with Crippen molar-refractivity contribution in [2.75, 3.05) is 19.7 Å². The lowest BCUT2D eigenvalue weighted by Crippen LogP contribution is -2.42. The Hall–Kier alpha value is -3.13. The summed E-state index contributed by atoms with van der Waals surface area (Å²) in [5.74, 6) is -1.54. The fraction of sp³-hybridized carbons (Fsp3) is 0.238. The molecule has 1 aromatic heterocycles. The molecular weight excluding hydrogens is 385 g/mol. The van der Waals surface area contributed by atoms with E-state index in [0.29, 0.717) is 24.1 Å². The number of aromatic nitrogens is 1. The molecule has 0 bridgehead atoms. The van der Waals surface area contributed by atoms with E-state index in [9.17, 15) is 18.0 Å². The zero-order valence-electron chi connectivity index (χ0n) is 15.3. The lowest BCUT2D eigenvalue weighted by atomic mass is 10.1. The molecule has 150 valence electrons. The SMILES string of the molecule is O=C(c1cc(F)cc(F)c1)N1CCO[C@H](c2ncc(Cc3ccc(F)cc3)o2)C1. The van der Waals surface area contributed by atoms with Crippen molar-refractivity contribution in [2.24, 2.45) is 0 Å². The smallest absolute Gasteiger partial charge is 0.254 e. The molecule has 2 heterocycles. The normalized spacial score (nSPS) is 16.8. The van der Waals surface area contributed by atoms with Gasteiger partial charge in [-0.2, -0.15) is 0 Å². The molecule has 1 atom stereocenters. The van der Waals surface area contributed by atoms with E-state index in [-0.39, 0.29) is 31.1 Å². The third-order valence-corrected chi connectivity index (χ3v) is 4.60. The lowest BCUT2D eigenvalue weighted by molar-refractivity contribution is -0.0349. The molecule has 0 unspecified atom stereocenters. The van der Waals surface area contributed by atoms with Crippen LogP contribution in [0.2, 0.25) is 0 Å². The maximum absolute atomic E-state index is 13.4. The van der Waals surface area contributed by atoms with E-state index in [2.05, 4.69) is 4.98 Å². The summed E-state index contributed by atoms with van der Waals surface area (Å²) in [5, 5.41) is 0. The highest BCUT2D eigenvalue weighted by Crippen LogP contribution is 2.24. The Kier molecular flexibility index (Phi) is 5.35. The second kappa shape index (κ2) is 8.08. The minimum atomic E-state index is -0.809. The van der Waals surface area contributed by atoms with Crippen LogP contribution in [0, 0.1) is 17.5 Å². The largest absolute Gasteiger partial charge is 0.442 e. The van der Waals surface area contributed by atoms with Gasteiger partial charge in [0.2, 0.25) is 5.89 Å². The van der Waals surface area contributed by atoms with Crippen LogP contribution in [0.5, 0.6) is 0 Å². The molecule has 1 saturated heterocycles. The van der Waals surface area contributed by atoms with Gasteiger partial charge >= 0.3 is 0 Å². The number of morpholine rings is 1. The molecular formula is C21H17F3N2O3. The number of oxazole rings is 1. The van der Waals surface area contributed by atoms with Crippen LogP contribution in [0.4, 0.5) is 13.2 Å². The zero-order chi connectivity index (χ0) is 20.4. The van der Waals surface area contributed by atoms with Gasteiger partial charge in [0, 0.05) is 24.6 Å². The number of amides is 1. The van der Waals surface area contributed by atoms with E-state index in [1.165, 1.54) is 17.0 Å². The molecule has 0 radical (unpaired) electrons. The number of hydrogen-bond donors (Lipinski definition) is 0. The molecule has 1 aliphatic heterocycles. The molecule has 1 fully saturated rings. The summed E-state index contributed by atoms with van der Waals surface area (Å²) in [4.78, 5) is 18.3. The fourth-order valence-corrected chi connectivity index (χ4v) is 3.20. The van der Waals surface area contributed by atoms with Crippen LogP contribution >= 0.6 is 0 Å². The van der Waals surface area contributed by atoms with Gasteiger partial charge in [-0.25, -0.2) is 18.2 Å². The quantitative estimate of drug-likeness (QED) is 0.664. The predicted octanol–water partition coefficient (Wildman–Crippen LogP) is 3.90. The van der Waals surface area contributed by atoms with E-state index in [0.717, 1.165) is 17.7 Å². The molecule has 3 aromatic rings. The molecule has 1 aliphatic rings. The Labute approximate surface area is 164 Å². The second-order valence-corrected chi connectivity index (χ2v) is 6.74. The van der Waals surface area contributed by atoms with Gasteiger partial charge in [0.05, 0.1) is 19.3 Å². The fourth-order valence-electron chi connectivity index (χ4n) is 3.20. The van der Waals surface area contributed by atoms with Gasteiger partial charge in [0.15, 0.2) is 6.10 Å². The summed E-state index contributed by atoms with van der Waals surface area (Å²) in [6, 6.07) is 8.78. The minimum absolute atomic E-state index is 0.0625. The van der Waals surface area contributed by atoms with E-state index >= 15 is 0 Å². The van der Waals surface area contributed by atoms with Crippen LogP contribution in [0.15, 0.2) is 53.1 Å². The first kappa shape index (κ1) is 19.2. The Bertz CT molecular complexity index is 1000. The summed E-state index contributed by atoms with van der Waals surface area (Å²) in [7, 11) is 0. The van der Waals surface area contributed by atoms with Crippen molar-refractivity contribution in [3.8, 4) is 0 Å². The van der Waals surface area contributed by atoms with E-state index < -0.39 is 23.6 Å². The molecule has 8 heteroatoms. The number of ether oxygens (including phenoxy) is 1.